The number of hydrogen-bond acceptors (Lipinski definition) is 8. The van der Waals surface area contributed by atoms with Gasteiger partial charge in [0, 0.05) is 25.7 Å². The summed E-state index contributed by atoms with van der Waals surface area (Å²) >= 11 is 0. The quantitative estimate of drug-likeness (QED) is 0.342. The molecule has 4 heterocycles. The number of esters is 1. The number of carbonyl (C=O) groups is 4. The maximum absolute atomic E-state index is 15.1. The van der Waals surface area contributed by atoms with Gasteiger partial charge in [0.25, 0.3) is 5.91 Å². The van der Waals surface area contributed by atoms with Crippen LogP contribution in [-0.2, 0) is 28.7 Å². The van der Waals surface area contributed by atoms with E-state index in [1.165, 1.54) is 4.90 Å². The highest BCUT2D eigenvalue weighted by Crippen LogP contribution is 2.57. The van der Waals surface area contributed by atoms with Crippen molar-refractivity contribution in [1.29, 1.82) is 0 Å². The van der Waals surface area contributed by atoms with E-state index in [4.69, 9.17) is 14.2 Å². The number of ether oxygens (including phenoxy) is 3. The first-order valence-corrected chi connectivity index (χ1v) is 17.5. The second-order valence-corrected chi connectivity index (χ2v) is 13.8. The Hall–Kier alpha value is -4.48. The van der Waals surface area contributed by atoms with Gasteiger partial charge in [-0.2, -0.15) is 0 Å². The second kappa shape index (κ2) is 14.4. The fraction of sp³-hybridized carbons (Fsp3) is 0.487. The van der Waals surface area contributed by atoms with Crippen molar-refractivity contribution < 1.29 is 38.5 Å². The summed E-state index contributed by atoms with van der Waals surface area (Å²) in [5, 5.41) is 10.8. The van der Waals surface area contributed by atoms with Crippen molar-refractivity contribution >= 4 is 29.4 Å². The predicted octanol–water partition coefficient (Wildman–Crippen LogP) is 4.07. The minimum Gasteiger partial charge on any atom is -0.497 e. The van der Waals surface area contributed by atoms with Gasteiger partial charge >= 0.3 is 5.97 Å². The lowest BCUT2D eigenvalue weighted by Gasteiger charge is -2.40. The monoisotopic (exact) mass is 685 g/mol. The number of aliphatic hydroxyl groups excluding tert-OH is 1. The molecule has 266 valence electrons. The second-order valence-electron chi connectivity index (χ2n) is 13.8. The van der Waals surface area contributed by atoms with E-state index in [0.29, 0.717) is 29.8 Å². The summed E-state index contributed by atoms with van der Waals surface area (Å²) < 4.78 is 18.3. The molecule has 11 nitrogen and oxygen atoms in total. The summed E-state index contributed by atoms with van der Waals surface area (Å²) in [5.74, 6) is -3.27. The summed E-state index contributed by atoms with van der Waals surface area (Å²) in [6.45, 7) is 5.52. The van der Waals surface area contributed by atoms with Crippen molar-refractivity contribution in [2.75, 3.05) is 32.2 Å². The number of methoxy groups -OCH3 is 1. The molecule has 0 unspecified atom stereocenters. The first-order chi connectivity index (χ1) is 24.1. The number of amides is 3. The van der Waals surface area contributed by atoms with Gasteiger partial charge in [-0.25, -0.2) is 0 Å². The molecule has 0 aromatic heterocycles. The van der Waals surface area contributed by atoms with Crippen LogP contribution in [0.15, 0.2) is 78.9 Å². The molecule has 2 aromatic rings. The Morgan fingerprint density at radius 1 is 1.02 bits per heavy atom. The van der Waals surface area contributed by atoms with Crippen LogP contribution < -0.4 is 9.64 Å². The Kier molecular flexibility index (Phi) is 10.2. The zero-order valence-corrected chi connectivity index (χ0v) is 29.3. The molecule has 5 bridgehead atoms. The van der Waals surface area contributed by atoms with Gasteiger partial charge in [-0.05, 0) is 49.1 Å². The van der Waals surface area contributed by atoms with Gasteiger partial charge in [-0.1, -0.05) is 74.9 Å². The van der Waals surface area contributed by atoms with E-state index in [1.807, 2.05) is 63.3 Å². The lowest BCUT2D eigenvalue weighted by atomic mass is 9.74. The fourth-order valence-corrected chi connectivity index (χ4v) is 7.96. The average molecular weight is 686 g/mol. The third kappa shape index (κ3) is 6.00. The Balaban J connectivity index is 1.49. The van der Waals surface area contributed by atoms with E-state index < -0.39 is 65.6 Å². The zero-order valence-electron chi connectivity index (χ0n) is 29.3. The number of likely N-dealkylation sites (tertiary alicyclic amines) is 1. The lowest BCUT2D eigenvalue weighted by Crippen LogP contribution is -2.59. The highest BCUT2D eigenvalue weighted by molar-refractivity contribution is 6.05. The van der Waals surface area contributed by atoms with Crippen molar-refractivity contribution in [2.45, 2.75) is 76.0 Å². The molecule has 4 aliphatic rings. The van der Waals surface area contributed by atoms with Crippen molar-refractivity contribution in [1.82, 2.24) is 9.80 Å². The Morgan fingerprint density at radius 2 is 1.74 bits per heavy atom. The number of hydrogen-bond donors (Lipinski definition) is 1. The smallest absolute Gasteiger partial charge is 0.313 e. The first kappa shape index (κ1) is 35.3. The Morgan fingerprint density at radius 3 is 2.40 bits per heavy atom. The number of likely N-dealkylation sites (N-methyl/N-ethyl adjacent to an activating group) is 1. The Bertz CT molecular complexity index is 1640. The Labute approximate surface area is 293 Å². The topological polar surface area (TPSA) is 126 Å². The third-order valence-corrected chi connectivity index (χ3v) is 11.1. The SMILES string of the molecule is CC[C@H](C)[C@H](CO)N1C(=O)[C@H]2[C@@H]3C(=O)O[C@H](c4ccccc4)[C@@H](C)N(C)C(=O)CC/C=C\CN(c4ccc(OC)cc4)C(=O)[C@H]1[C@@]21C=C[C@@H]3O1. The van der Waals surface area contributed by atoms with Crippen LogP contribution in [0.4, 0.5) is 5.69 Å². The highest BCUT2D eigenvalue weighted by atomic mass is 16.6. The minimum atomic E-state index is -1.47. The number of cyclic esters (lactones) is 1. The van der Waals surface area contributed by atoms with Gasteiger partial charge in [-0.15, -0.1) is 0 Å². The molecule has 2 aromatic carbocycles. The number of rotatable bonds is 7. The van der Waals surface area contributed by atoms with E-state index in [1.54, 1.807) is 60.4 Å². The number of aliphatic hydroxyl groups is 1. The predicted molar refractivity (Wildman–Crippen MR) is 186 cm³/mol. The van der Waals surface area contributed by atoms with Gasteiger partial charge in [0.05, 0.1) is 37.8 Å². The van der Waals surface area contributed by atoms with Crippen LogP contribution in [0.3, 0.4) is 0 Å². The molecule has 6 rings (SSSR count). The van der Waals surface area contributed by atoms with E-state index in [0.717, 1.165) is 0 Å². The van der Waals surface area contributed by atoms with Gasteiger partial charge in [0.15, 0.2) is 0 Å². The third-order valence-electron chi connectivity index (χ3n) is 11.1. The van der Waals surface area contributed by atoms with Gasteiger partial charge in [0.1, 0.15) is 29.4 Å². The highest BCUT2D eigenvalue weighted by Gasteiger charge is 2.74. The fourth-order valence-electron chi connectivity index (χ4n) is 7.96. The van der Waals surface area contributed by atoms with E-state index >= 15 is 4.79 Å². The molecule has 2 saturated heterocycles. The van der Waals surface area contributed by atoms with Crippen molar-refractivity contribution in [3.8, 4) is 5.75 Å². The minimum absolute atomic E-state index is 0.123. The molecule has 50 heavy (non-hydrogen) atoms. The summed E-state index contributed by atoms with van der Waals surface area (Å²) in [6.07, 6.45) is 6.88. The molecule has 11 heteroatoms. The maximum atomic E-state index is 15.1. The van der Waals surface area contributed by atoms with Crippen LogP contribution in [0.5, 0.6) is 5.75 Å². The molecule has 1 spiro atoms. The summed E-state index contributed by atoms with van der Waals surface area (Å²) in [7, 11) is 3.26. The molecule has 3 amide bonds. The number of fused-ring (bicyclic) bond motifs is 2. The van der Waals surface area contributed by atoms with Crippen molar-refractivity contribution in [2.24, 2.45) is 17.8 Å². The molecule has 0 aliphatic carbocycles. The summed E-state index contributed by atoms with van der Waals surface area (Å²) in [5.41, 5.74) is -0.191. The van der Waals surface area contributed by atoms with Gasteiger partial charge in [0.2, 0.25) is 11.8 Å². The maximum Gasteiger partial charge on any atom is 0.313 e. The van der Waals surface area contributed by atoms with Crippen LogP contribution in [0.25, 0.3) is 0 Å². The first-order valence-electron chi connectivity index (χ1n) is 17.5. The molecular weight excluding hydrogens is 638 g/mol. The van der Waals surface area contributed by atoms with Gasteiger partial charge < -0.3 is 34.0 Å². The molecule has 1 N–H and O–H groups in total. The van der Waals surface area contributed by atoms with E-state index in [9.17, 15) is 19.5 Å². The van der Waals surface area contributed by atoms with Crippen molar-refractivity contribution in [3.05, 3.63) is 84.5 Å². The number of benzene rings is 2. The van der Waals surface area contributed by atoms with Crippen LogP contribution in [0.2, 0.25) is 0 Å². The summed E-state index contributed by atoms with van der Waals surface area (Å²) in [4.78, 5) is 62.4. The number of anilines is 1. The zero-order chi connectivity index (χ0) is 35.7. The molecule has 4 aliphatic heterocycles. The van der Waals surface area contributed by atoms with Crippen LogP contribution in [0, 0.1) is 17.8 Å². The molecule has 9 atom stereocenters. The average Bonchev–Trinajstić information content (AvgIpc) is 3.79. The number of allylic oxidation sites excluding steroid dienone is 1. The molecule has 0 saturated carbocycles. The standard InChI is InChI=1S/C39H47N3O8/c1-6-24(2)29(23-43)42-35-37(46)41(27-16-18-28(48-5)19-17-27)22-12-8-11-15-31(44)40(4)25(3)34(26-13-9-7-10-14-26)49-38(47)32-30-20-21-39(35,50-30)33(32)36(42)45/h7-10,12-14,16-21,24-25,29-30,32-35,43H,6,11,15,22-23H2,1-5H3/b12-8-/t24-,25+,29-,30-,32+,33+,34-,35-,39+/m0/s1. The molecular formula is C39H47N3O8. The largest absolute Gasteiger partial charge is 0.497 e. The number of carbonyl (C=O) groups excluding carboxylic acids is 4. The van der Waals surface area contributed by atoms with E-state index in [-0.39, 0.29) is 31.4 Å². The molecule has 0 radical (unpaired) electrons. The van der Waals surface area contributed by atoms with Crippen LogP contribution in [0.1, 0.15) is 51.7 Å². The van der Waals surface area contributed by atoms with Gasteiger partial charge in [-0.3, -0.25) is 19.2 Å². The molecule has 2 fully saturated rings. The summed E-state index contributed by atoms with van der Waals surface area (Å²) in [6, 6.07) is 13.9. The van der Waals surface area contributed by atoms with Crippen molar-refractivity contribution in [3.63, 3.8) is 0 Å². The number of nitrogens with zero attached hydrogens (tertiary/aromatic N) is 3. The van der Waals surface area contributed by atoms with Crippen LogP contribution >= 0.6 is 0 Å². The van der Waals surface area contributed by atoms with Crippen LogP contribution in [-0.4, -0.2) is 95.7 Å². The lowest BCUT2D eigenvalue weighted by molar-refractivity contribution is -0.164. The van der Waals surface area contributed by atoms with E-state index in [2.05, 4.69) is 0 Å². The normalized spacial score (nSPS) is 31.8.